The molecule has 1 nitrogen and oxygen atoms in total. The average Bonchev–Trinajstić information content (AvgIpc) is 2.34. The van der Waals surface area contributed by atoms with Crippen LogP contribution in [0.5, 0.6) is 0 Å². The summed E-state index contributed by atoms with van der Waals surface area (Å²) in [6.45, 7) is 0. The van der Waals surface area contributed by atoms with Crippen LogP contribution < -0.4 is 0 Å². The fourth-order valence-corrected chi connectivity index (χ4v) is 2.47. The Balaban J connectivity index is 2.27. The Bertz CT molecular complexity index is 608. The molecule has 1 aliphatic carbocycles. The summed E-state index contributed by atoms with van der Waals surface area (Å²) in [7, 11) is 0. The van der Waals surface area contributed by atoms with Gasteiger partial charge in [0.1, 0.15) is 0 Å². The fraction of sp³-hybridized carbons (Fsp3) is 0.188. The highest BCUT2D eigenvalue weighted by molar-refractivity contribution is 5.98. The lowest BCUT2D eigenvalue weighted by Crippen LogP contribution is -2.00. The van der Waals surface area contributed by atoms with E-state index >= 15 is 0 Å². The van der Waals surface area contributed by atoms with Gasteiger partial charge in [0.15, 0.2) is 5.78 Å². The van der Waals surface area contributed by atoms with Crippen molar-refractivity contribution in [3.8, 4) is 0 Å². The lowest BCUT2D eigenvalue weighted by atomic mass is 9.93. The summed E-state index contributed by atoms with van der Waals surface area (Å²) in [5, 5.41) is 2.49. The normalized spacial score (nSPS) is 17.3. The summed E-state index contributed by atoms with van der Waals surface area (Å²) >= 11 is 0. The number of ketones is 1. The van der Waals surface area contributed by atoms with Crippen molar-refractivity contribution in [1.82, 2.24) is 0 Å². The molecule has 2 aromatic rings. The van der Waals surface area contributed by atoms with Gasteiger partial charge in [0.25, 0.3) is 0 Å². The summed E-state index contributed by atoms with van der Waals surface area (Å²) in [4.78, 5) is 11.5. The zero-order valence-electron chi connectivity index (χ0n) is 9.65. The molecule has 0 fully saturated rings. The van der Waals surface area contributed by atoms with E-state index in [1.165, 1.54) is 21.9 Å². The Kier molecular flexibility index (Phi) is 2.52. The third kappa shape index (κ3) is 1.89. The molecule has 0 aromatic heterocycles. The van der Waals surface area contributed by atoms with Crippen LogP contribution in [0, 0.1) is 0 Å². The van der Waals surface area contributed by atoms with Gasteiger partial charge in [-0.25, -0.2) is 0 Å². The molecule has 0 atom stereocenters. The van der Waals surface area contributed by atoms with Crippen molar-refractivity contribution in [1.29, 1.82) is 0 Å². The zero-order chi connectivity index (χ0) is 11.7. The zero-order valence-corrected chi connectivity index (χ0v) is 9.65. The molecular weight excluding hydrogens is 208 g/mol. The van der Waals surface area contributed by atoms with Crippen molar-refractivity contribution < 1.29 is 4.79 Å². The molecule has 0 radical (unpaired) electrons. The predicted octanol–water partition coefficient (Wildman–Crippen LogP) is 3.76. The standard InChI is InChI=1S/C16H14O/c17-14-6-3-5-13-9-8-12-4-1-2-7-15(12)16(13)11-10-14/h1-2,4,7-11H,3,5-6H2/b11-10-. The third-order valence-corrected chi connectivity index (χ3v) is 3.37. The van der Waals surface area contributed by atoms with Crippen molar-refractivity contribution >= 4 is 22.6 Å². The van der Waals surface area contributed by atoms with E-state index in [-0.39, 0.29) is 5.78 Å². The number of allylic oxidation sites excluding steroid dienone is 1. The van der Waals surface area contributed by atoms with E-state index in [4.69, 9.17) is 0 Å². The van der Waals surface area contributed by atoms with Gasteiger partial charge in [-0.1, -0.05) is 42.5 Å². The first-order valence-electron chi connectivity index (χ1n) is 6.06. The van der Waals surface area contributed by atoms with E-state index in [0.717, 1.165) is 12.8 Å². The Morgan fingerprint density at radius 3 is 2.71 bits per heavy atom. The van der Waals surface area contributed by atoms with Gasteiger partial charge < -0.3 is 0 Å². The van der Waals surface area contributed by atoms with Crippen LogP contribution in [0.4, 0.5) is 0 Å². The first-order valence-corrected chi connectivity index (χ1v) is 6.06. The summed E-state index contributed by atoms with van der Waals surface area (Å²) in [6, 6.07) is 12.7. The van der Waals surface area contributed by atoms with Crippen LogP contribution in [0.1, 0.15) is 24.0 Å². The molecule has 2 aromatic carbocycles. The molecule has 17 heavy (non-hydrogen) atoms. The molecule has 84 valence electrons. The van der Waals surface area contributed by atoms with Crippen LogP contribution in [0.2, 0.25) is 0 Å². The molecule has 1 aliphatic rings. The number of carbonyl (C=O) groups is 1. The van der Waals surface area contributed by atoms with Gasteiger partial charge in [0.2, 0.25) is 0 Å². The molecular formula is C16H14O. The number of hydrogen-bond acceptors (Lipinski definition) is 1. The Morgan fingerprint density at radius 2 is 1.76 bits per heavy atom. The quantitative estimate of drug-likeness (QED) is 0.663. The van der Waals surface area contributed by atoms with E-state index in [2.05, 4.69) is 30.3 Å². The molecule has 0 saturated heterocycles. The van der Waals surface area contributed by atoms with Crippen LogP contribution in [-0.4, -0.2) is 5.78 Å². The maximum atomic E-state index is 11.5. The average molecular weight is 222 g/mol. The Hall–Kier alpha value is -1.89. The highest BCUT2D eigenvalue weighted by atomic mass is 16.1. The first kappa shape index (κ1) is 10.3. The third-order valence-electron chi connectivity index (χ3n) is 3.37. The molecule has 0 amide bonds. The molecule has 0 N–H and O–H groups in total. The second-order valence-corrected chi connectivity index (χ2v) is 4.51. The number of carbonyl (C=O) groups excluding carboxylic acids is 1. The summed E-state index contributed by atoms with van der Waals surface area (Å²) in [6.07, 6.45) is 6.33. The minimum Gasteiger partial charge on any atom is -0.295 e. The minimum absolute atomic E-state index is 0.239. The Labute approximate surface area is 101 Å². The number of aryl methyl sites for hydroxylation is 1. The highest BCUT2D eigenvalue weighted by Crippen LogP contribution is 2.26. The van der Waals surface area contributed by atoms with Crippen molar-refractivity contribution in [2.24, 2.45) is 0 Å². The van der Waals surface area contributed by atoms with E-state index in [9.17, 15) is 4.79 Å². The van der Waals surface area contributed by atoms with Crippen LogP contribution in [-0.2, 0) is 11.2 Å². The number of benzene rings is 2. The van der Waals surface area contributed by atoms with Crippen molar-refractivity contribution in [2.45, 2.75) is 19.3 Å². The summed E-state index contributed by atoms with van der Waals surface area (Å²) < 4.78 is 0. The highest BCUT2D eigenvalue weighted by Gasteiger charge is 2.09. The number of fused-ring (bicyclic) bond motifs is 3. The molecule has 0 heterocycles. The lowest BCUT2D eigenvalue weighted by Gasteiger charge is -2.12. The van der Waals surface area contributed by atoms with Crippen LogP contribution in [0.25, 0.3) is 16.8 Å². The van der Waals surface area contributed by atoms with E-state index < -0.39 is 0 Å². The second kappa shape index (κ2) is 4.17. The maximum absolute atomic E-state index is 11.5. The predicted molar refractivity (Wildman–Crippen MR) is 70.9 cm³/mol. The van der Waals surface area contributed by atoms with Gasteiger partial charge in [-0.2, -0.15) is 0 Å². The van der Waals surface area contributed by atoms with Gasteiger partial charge >= 0.3 is 0 Å². The van der Waals surface area contributed by atoms with Gasteiger partial charge in [-0.3, -0.25) is 4.79 Å². The first-order chi connectivity index (χ1) is 8.34. The van der Waals surface area contributed by atoms with Crippen LogP contribution in [0.15, 0.2) is 42.5 Å². The smallest absolute Gasteiger partial charge is 0.155 e. The SMILES string of the molecule is O=C1/C=C\c2c(ccc3ccccc23)CCC1. The summed E-state index contributed by atoms with van der Waals surface area (Å²) in [5.41, 5.74) is 2.57. The topological polar surface area (TPSA) is 17.1 Å². The molecule has 0 aliphatic heterocycles. The van der Waals surface area contributed by atoms with E-state index in [1.54, 1.807) is 6.08 Å². The van der Waals surface area contributed by atoms with Gasteiger partial charge in [-0.05, 0) is 40.8 Å². The van der Waals surface area contributed by atoms with Crippen molar-refractivity contribution in [3.05, 3.63) is 53.6 Å². The number of rotatable bonds is 0. The Morgan fingerprint density at radius 1 is 0.882 bits per heavy atom. The molecule has 0 spiro atoms. The maximum Gasteiger partial charge on any atom is 0.155 e. The molecule has 1 heteroatoms. The fourth-order valence-electron chi connectivity index (χ4n) is 2.47. The minimum atomic E-state index is 0.239. The monoisotopic (exact) mass is 222 g/mol. The van der Waals surface area contributed by atoms with Crippen LogP contribution >= 0.6 is 0 Å². The van der Waals surface area contributed by atoms with Gasteiger partial charge in [-0.15, -0.1) is 0 Å². The summed E-state index contributed by atoms with van der Waals surface area (Å²) in [5.74, 6) is 0.239. The lowest BCUT2D eigenvalue weighted by molar-refractivity contribution is -0.114. The van der Waals surface area contributed by atoms with E-state index in [0.29, 0.717) is 6.42 Å². The largest absolute Gasteiger partial charge is 0.295 e. The van der Waals surface area contributed by atoms with E-state index in [1.807, 2.05) is 12.1 Å². The van der Waals surface area contributed by atoms with Gasteiger partial charge in [0.05, 0.1) is 0 Å². The van der Waals surface area contributed by atoms with Crippen molar-refractivity contribution in [3.63, 3.8) is 0 Å². The molecule has 0 unspecified atom stereocenters. The van der Waals surface area contributed by atoms with Gasteiger partial charge in [0, 0.05) is 6.42 Å². The molecule has 3 rings (SSSR count). The second-order valence-electron chi connectivity index (χ2n) is 4.51. The number of hydrogen-bond donors (Lipinski definition) is 0. The van der Waals surface area contributed by atoms with Crippen LogP contribution in [0.3, 0.4) is 0 Å². The van der Waals surface area contributed by atoms with Crippen molar-refractivity contribution in [2.75, 3.05) is 0 Å². The molecule has 0 bridgehead atoms. The molecule has 0 saturated carbocycles.